The molecule has 1 aromatic rings. The van der Waals surface area contributed by atoms with Gasteiger partial charge in [-0.05, 0) is 47.2 Å². The number of alkyl halides is 1. The van der Waals surface area contributed by atoms with Crippen LogP contribution in [0.3, 0.4) is 0 Å². The average molecular weight is 468 g/mol. The van der Waals surface area contributed by atoms with Crippen LogP contribution in [0.15, 0.2) is 18.2 Å². The van der Waals surface area contributed by atoms with Crippen molar-refractivity contribution in [1.82, 2.24) is 0 Å². The van der Waals surface area contributed by atoms with Crippen molar-refractivity contribution in [2.75, 3.05) is 29.9 Å². The summed E-state index contributed by atoms with van der Waals surface area (Å²) < 4.78 is 6.35. The summed E-state index contributed by atoms with van der Waals surface area (Å²) >= 11 is 5.32. The number of rotatable bonds is 7. The van der Waals surface area contributed by atoms with Gasteiger partial charge in [0.05, 0.1) is 29.2 Å². The Hall–Kier alpha value is -0.670. The first-order chi connectivity index (χ1) is 10.0. The van der Waals surface area contributed by atoms with Crippen LogP contribution in [0.2, 0.25) is 0 Å². The molecule has 7 heteroatoms. The monoisotopic (exact) mass is 467 g/mol. The van der Waals surface area contributed by atoms with Crippen LogP contribution in [0, 0.1) is 3.57 Å². The Labute approximate surface area is 144 Å². The van der Waals surface area contributed by atoms with Gasteiger partial charge in [0.15, 0.2) is 5.78 Å². The van der Waals surface area contributed by atoms with Gasteiger partial charge in [-0.15, -0.1) is 0 Å². The number of carboxylic acid groups (broad SMARTS) is 1. The molecular formula is C14H15BrINO4. The number of carboxylic acids is 1. The number of carbonyl (C=O) groups excluding carboxylic acids is 1. The third kappa shape index (κ3) is 4.40. The van der Waals surface area contributed by atoms with Crippen LogP contribution in [0.1, 0.15) is 16.8 Å². The van der Waals surface area contributed by atoms with E-state index >= 15 is 0 Å². The van der Waals surface area contributed by atoms with Crippen molar-refractivity contribution in [3.63, 3.8) is 0 Å². The number of carbonyl (C=O) groups is 2. The first-order valence-corrected chi connectivity index (χ1v) is 8.68. The van der Waals surface area contributed by atoms with E-state index in [9.17, 15) is 9.59 Å². The molecule has 114 valence electrons. The van der Waals surface area contributed by atoms with Crippen molar-refractivity contribution in [2.24, 2.45) is 0 Å². The summed E-state index contributed by atoms with van der Waals surface area (Å²) in [4.78, 5) is 24.8. The van der Waals surface area contributed by atoms with Crippen molar-refractivity contribution < 1.29 is 19.4 Å². The van der Waals surface area contributed by atoms with E-state index in [4.69, 9.17) is 9.84 Å². The lowest BCUT2D eigenvalue weighted by atomic mass is 10.1. The molecule has 1 aliphatic heterocycles. The van der Waals surface area contributed by atoms with E-state index in [1.807, 2.05) is 4.90 Å². The van der Waals surface area contributed by atoms with Gasteiger partial charge in [0.1, 0.15) is 0 Å². The number of benzene rings is 1. The molecule has 1 aromatic carbocycles. The van der Waals surface area contributed by atoms with Gasteiger partial charge < -0.3 is 14.7 Å². The number of ketones is 1. The Bertz CT molecular complexity index is 548. The molecule has 0 aromatic heterocycles. The summed E-state index contributed by atoms with van der Waals surface area (Å²) in [5.41, 5.74) is 0.983. The molecule has 1 atom stereocenters. The number of anilines is 1. The molecule has 1 N–H and O–H groups in total. The molecule has 1 aliphatic rings. The molecule has 1 unspecified atom stereocenters. The number of hydrogen-bond acceptors (Lipinski definition) is 4. The minimum Gasteiger partial charge on any atom is -0.478 e. The van der Waals surface area contributed by atoms with Gasteiger partial charge in [0.2, 0.25) is 0 Å². The van der Waals surface area contributed by atoms with E-state index in [0.717, 1.165) is 22.3 Å². The molecule has 1 heterocycles. The smallest absolute Gasteiger partial charge is 0.335 e. The topological polar surface area (TPSA) is 66.8 Å². The number of hydrogen-bond donors (Lipinski definition) is 1. The maximum atomic E-state index is 11.8. The molecule has 0 saturated carbocycles. The molecular weight excluding hydrogens is 453 g/mol. The minimum atomic E-state index is -0.973. The summed E-state index contributed by atoms with van der Waals surface area (Å²) in [6.07, 6.45) is 1.08. The van der Waals surface area contributed by atoms with Crippen molar-refractivity contribution >= 4 is 56.0 Å². The predicted octanol–water partition coefficient (Wildman–Crippen LogP) is 2.55. The average Bonchev–Trinajstić information content (AvgIpc) is 2.41. The lowest BCUT2D eigenvalue weighted by molar-refractivity contribution is -0.115. The van der Waals surface area contributed by atoms with Gasteiger partial charge in [-0.25, -0.2) is 4.79 Å². The molecule has 0 spiro atoms. The summed E-state index contributed by atoms with van der Waals surface area (Å²) in [5, 5.41) is 9.41. The van der Waals surface area contributed by atoms with E-state index < -0.39 is 5.97 Å². The zero-order valence-corrected chi connectivity index (χ0v) is 15.0. The molecule has 5 nitrogen and oxygen atoms in total. The standard InChI is InChI=1S/C14H15BrINO4/c15-6-10(18)7-17(8-11-3-4-21-11)13-5-9(14(19)20)1-2-12(13)16/h1-2,5,11H,3-4,6-8H2,(H,19,20). The zero-order chi connectivity index (χ0) is 15.4. The summed E-state index contributed by atoms with van der Waals surface area (Å²) in [7, 11) is 0. The zero-order valence-electron chi connectivity index (χ0n) is 11.2. The normalized spacial score (nSPS) is 17.1. The Kier molecular flexibility index (Phi) is 6.00. The van der Waals surface area contributed by atoms with Crippen LogP contribution in [0.25, 0.3) is 0 Å². The van der Waals surface area contributed by atoms with Gasteiger partial charge in [-0.3, -0.25) is 4.79 Å². The minimum absolute atomic E-state index is 0.0471. The van der Waals surface area contributed by atoms with Crippen LogP contribution in [0.5, 0.6) is 0 Å². The highest BCUT2D eigenvalue weighted by atomic mass is 127. The predicted molar refractivity (Wildman–Crippen MR) is 91.5 cm³/mol. The van der Waals surface area contributed by atoms with Crippen LogP contribution in [0.4, 0.5) is 5.69 Å². The first kappa shape index (κ1) is 16.7. The highest BCUT2D eigenvalue weighted by Gasteiger charge is 2.24. The third-order valence-electron chi connectivity index (χ3n) is 3.27. The highest BCUT2D eigenvalue weighted by Crippen LogP contribution is 2.26. The first-order valence-electron chi connectivity index (χ1n) is 6.48. The van der Waals surface area contributed by atoms with Gasteiger partial charge in [-0.2, -0.15) is 0 Å². The molecule has 0 aliphatic carbocycles. The van der Waals surface area contributed by atoms with E-state index in [0.29, 0.717) is 6.54 Å². The van der Waals surface area contributed by atoms with Crippen molar-refractivity contribution in [2.45, 2.75) is 12.5 Å². The van der Waals surface area contributed by atoms with Crippen molar-refractivity contribution in [1.29, 1.82) is 0 Å². The molecule has 0 bridgehead atoms. The lowest BCUT2D eigenvalue weighted by Gasteiger charge is -2.34. The second-order valence-corrected chi connectivity index (χ2v) is 6.53. The molecule has 21 heavy (non-hydrogen) atoms. The summed E-state index contributed by atoms with van der Waals surface area (Å²) in [5.74, 6) is -0.926. The Balaban J connectivity index is 2.26. The second kappa shape index (κ2) is 7.55. The maximum absolute atomic E-state index is 11.8. The van der Waals surface area contributed by atoms with Crippen molar-refractivity contribution in [3.8, 4) is 0 Å². The fourth-order valence-electron chi connectivity index (χ4n) is 2.07. The molecule has 1 fully saturated rings. The molecule has 0 radical (unpaired) electrons. The largest absolute Gasteiger partial charge is 0.478 e. The van der Waals surface area contributed by atoms with Gasteiger partial charge in [0, 0.05) is 16.7 Å². The number of ether oxygens (including phenoxy) is 1. The van der Waals surface area contributed by atoms with E-state index in [1.165, 1.54) is 0 Å². The van der Waals surface area contributed by atoms with E-state index in [-0.39, 0.29) is 29.3 Å². The highest BCUT2D eigenvalue weighted by molar-refractivity contribution is 14.1. The van der Waals surface area contributed by atoms with Crippen LogP contribution >= 0.6 is 38.5 Å². The fraction of sp³-hybridized carbons (Fsp3) is 0.429. The number of aromatic carboxylic acids is 1. The molecule has 2 rings (SSSR count). The maximum Gasteiger partial charge on any atom is 0.335 e. The lowest BCUT2D eigenvalue weighted by Crippen LogP contribution is -2.42. The summed E-state index contributed by atoms with van der Waals surface area (Å²) in [6.45, 7) is 1.58. The Morgan fingerprint density at radius 1 is 1.48 bits per heavy atom. The van der Waals surface area contributed by atoms with E-state index in [2.05, 4.69) is 38.5 Å². The molecule has 0 amide bonds. The number of halogens is 2. The van der Waals surface area contributed by atoms with Crippen LogP contribution in [-0.4, -0.2) is 48.0 Å². The van der Waals surface area contributed by atoms with Crippen LogP contribution < -0.4 is 4.90 Å². The van der Waals surface area contributed by atoms with Gasteiger partial charge in [0.25, 0.3) is 0 Å². The fourth-order valence-corrected chi connectivity index (χ4v) is 2.92. The molecule has 1 saturated heterocycles. The SMILES string of the molecule is O=C(CBr)CN(CC1CCO1)c1cc(C(=O)O)ccc1I. The van der Waals surface area contributed by atoms with Crippen molar-refractivity contribution in [3.05, 3.63) is 27.3 Å². The van der Waals surface area contributed by atoms with E-state index in [1.54, 1.807) is 18.2 Å². The van der Waals surface area contributed by atoms with Crippen LogP contribution in [-0.2, 0) is 9.53 Å². The summed E-state index contributed by atoms with van der Waals surface area (Å²) in [6, 6.07) is 4.94. The Morgan fingerprint density at radius 2 is 2.19 bits per heavy atom. The number of Topliss-reactive ketones (excluding diaryl/α,β-unsaturated/α-hetero) is 1. The van der Waals surface area contributed by atoms with Gasteiger partial charge in [-0.1, -0.05) is 15.9 Å². The Morgan fingerprint density at radius 3 is 2.71 bits per heavy atom. The third-order valence-corrected chi connectivity index (χ3v) is 4.81. The second-order valence-electron chi connectivity index (χ2n) is 4.81. The number of nitrogens with zero attached hydrogens (tertiary/aromatic N) is 1. The van der Waals surface area contributed by atoms with Gasteiger partial charge >= 0.3 is 5.97 Å². The quantitative estimate of drug-likeness (QED) is 0.493.